The highest BCUT2D eigenvalue weighted by Gasteiger charge is 2.16. The Balaban J connectivity index is 1.67. The fourth-order valence-electron chi connectivity index (χ4n) is 2.58. The third kappa shape index (κ3) is 5.46. The van der Waals surface area contributed by atoms with Crippen molar-refractivity contribution in [3.63, 3.8) is 0 Å². The molecule has 0 fully saturated rings. The lowest BCUT2D eigenvalue weighted by molar-refractivity contribution is -0.113. The molecule has 0 radical (unpaired) electrons. The molecule has 0 saturated heterocycles. The van der Waals surface area contributed by atoms with Gasteiger partial charge in [-0.15, -0.1) is 11.8 Å². The maximum atomic E-state index is 12.8. The van der Waals surface area contributed by atoms with E-state index in [0.717, 1.165) is 5.75 Å². The summed E-state index contributed by atoms with van der Waals surface area (Å²) in [7, 11) is 0. The third-order valence-corrected chi connectivity index (χ3v) is 5.12. The van der Waals surface area contributed by atoms with Crippen LogP contribution in [0.4, 0.5) is 5.69 Å². The van der Waals surface area contributed by atoms with Gasteiger partial charge in [0.1, 0.15) is 0 Å². The normalized spacial score (nSPS) is 10.4. The molecule has 3 nitrogen and oxygen atoms in total. The quantitative estimate of drug-likeness (QED) is 0.541. The molecule has 0 bridgehead atoms. The van der Waals surface area contributed by atoms with Gasteiger partial charge >= 0.3 is 0 Å². The van der Waals surface area contributed by atoms with Crippen LogP contribution < -0.4 is 5.32 Å². The first-order valence-corrected chi connectivity index (χ1v) is 9.97. The standard InChI is InChI=1S/C22H18ClNO2S/c23-18-11-12-20(19(13-18)22(26)17-9-5-2-6-10-17)24-21(25)15-27-14-16-7-3-1-4-8-16/h1-13H,14-15H2,(H,24,25). The minimum atomic E-state index is -0.176. The van der Waals surface area contributed by atoms with Gasteiger partial charge in [0.15, 0.2) is 5.78 Å². The maximum absolute atomic E-state index is 12.8. The summed E-state index contributed by atoms with van der Waals surface area (Å²) >= 11 is 7.59. The van der Waals surface area contributed by atoms with Crippen molar-refractivity contribution < 1.29 is 9.59 Å². The zero-order valence-corrected chi connectivity index (χ0v) is 16.1. The Morgan fingerprint density at radius 1 is 0.889 bits per heavy atom. The summed E-state index contributed by atoms with van der Waals surface area (Å²) in [6, 6.07) is 23.8. The molecule has 3 rings (SSSR count). The van der Waals surface area contributed by atoms with Crippen LogP contribution in [0.2, 0.25) is 5.02 Å². The van der Waals surface area contributed by atoms with Crippen LogP contribution in [-0.4, -0.2) is 17.4 Å². The Labute approximate surface area is 167 Å². The summed E-state index contributed by atoms with van der Waals surface area (Å²) < 4.78 is 0. The van der Waals surface area contributed by atoms with E-state index >= 15 is 0 Å². The van der Waals surface area contributed by atoms with Crippen molar-refractivity contribution in [2.45, 2.75) is 5.75 Å². The summed E-state index contributed by atoms with van der Waals surface area (Å²) in [5.74, 6) is 0.729. The number of benzene rings is 3. The molecule has 1 amide bonds. The van der Waals surface area contributed by atoms with E-state index in [2.05, 4.69) is 5.32 Å². The second-order valence-corrected chi connectivity index (χ2v) is 7.33. The van der Waals surface area contributed by atoms with Crippen LogP contribution in [-0.2, 0) is 10.5 Å². The van der Waals surface area contributed by atoms with E-state index in [9.17, 15) is 9.59 Å². The molecular formula is C22H18ClNO2S. The first kappa shape index (κ1) is 19.2. The Bertz CT molecular complexity index is 930. The highest BCUT2D eigenvalue weighted by Crippen LogP contribution is 2.24. The molecule has 0 aromatic heterocycles. The largest absolute Gasteiger partial charge is 0.325 e. The monoisotopic (exact) mass is 395 g/mol. The van der Waals surface area contributed by atoms with Crippen LogP contribution in [0.1, 0.15) is 21.5 Å². The van der Waals surface area contributed by atoms with Crippen LogP contribution in [0.5, 0.6) is 0 Å². The van der Waals surface area contributed by atoms with Gasteiger partial charge in [-0.1, -0.05) is 72.3 Å². The zero-order chi connectivity index (χ0) is 19.1. The predicted octanol–water partition coefficient (Wildman–Crippen LogP) is 5.44. The van der Waals surface area contributed by atoms with Gasteiger partial charge in [0, 0.05) is 21.9 Å². The van der Waals surface area contributed by atoms with E-state index < -0.39 is 0 Å². The summed E-state index contributed by atoms with van der Waals surface area (Å²) in [6.45, 7) is 0. The first-order valence-electron chi connectivity index (χ1n) is 8.44. The molecule has 0 unspecified atom stereocenters. The number of carbonyl (C=O) groups excluding carboxylic acids is 2. The average Bonchev–Trinajstić information content (AvgIpc) is 2.70. The highest BCUT2D eigenvalue weighted by molar-refractivity contribution is 7.99. The molecule has 136 valence electrons. The fourth-order valence-corrected chi connectivity index (χ4v) is 3.54. The molecule has 0 atom stereocenters. The highest BCUT2D eigenvalue weighted by atomic mass is 35.5. The zero-order valence-electron chi connectivity index (χ0n) is 14.5. The van der Waals surface area contributed by atoms with Crippen molar-refractivity contribution >= 4 is 40.7 Å². The van der Waals surface area contributed by atoms with E-state index in [0.29, 0.717) is 27.6 Å². The van der Waals surface area contributed by atoms with Crippen LogP contribution >= 0.6 is 23.4 Å². The summed E-state index contributed by atoms with van der Waals surface area (Å²) in [5.41, 5.74) is 2.57. The molecule has 0 aliphatic heterocycles. The van der Waals surface area contributed by atoms with Crippen molar-refractivity contribution in [3.05, 3.63) is 101 Å². The van der Waals surface area contributed by atoms with Crippen molar-refractivity contribution in [1.29, 1.82) is 0 Å². The van der Waals surface area contributed by atoms with Crippen molar-refractivity contribution in [1.82, 2.24) is 0 Å². The molecule has 3 aromatic rings. The van der Waals surface area contributed by atoms with Crippen LogP contribution in [0.15, 0.2) is 78.9 Å². The van der Waals surface area contributed by atoms with E-state index in [4.69, 9.17) is 11.6 Å². The van der Waals surface area contributed by atoms with Gasteiger partial charge in [0.05, 0.1) is 11.4 Å². The van der Waals surface area contributed by atoms with Gasteiger partial charge in [-0.2, -0.15) is 0 Å². The van der Waals surface area contributed by atoms with E-state index in [1.807, 2.05) is 36.4 Å². The fraction of sp³-hybridized carbons (Fsp3) is 0.0909. The minimum absolute atomic E-state index is 0.152. The second-order valence-electron chi connectivity index (χ2n) is 5.91. The number of carbonyl (C=O) groups is 2. The molecule has 1 N–H and O–H groups in total. The number of hydrogen-bond acceptors (Lipinski definition) is 3. The molecule has 0 spiro atoms. The summed E-state index contributed by atoms with van der Waals surface area (Å²) in [6.07, 6.45) is 0. The van der Waals surface area contributed by atoms with Gasteiger partial charge < -0.3 is 5.32 Å². The maximum Gasteiger partial charge on any atom is 0.234 e. The van der Waals surface area contributed by atoms with Crippen LogP contribution in [0, 0.1) is 0 Å². The number of nitrogens with one attached hydrogen (secondary N) is 1. The lowest BCUT2D eigenvalue weighted by Crippen LogP contribution is -2.17. The Kier molecular flexibility index (Phi) is 6.69. The van der Waals surface area contributed by atoms with Crippen LogP contribution in [0.25, 0.3) is 0 Å². The van der Waals surface area contributed by atoms with Crippen LogP contribution in [0.3, 0.4) is 0 Å². The molecule has 0 saturated carbocycles. The number of thioether (sulfide) groups is 1. The summed E-state index contributed by atoms with van der Waals surface area (Å²) in [4.78, 5) is 25.1. The Morgan fingerprint density at radius 3 is 2.26 bits per heavy atom. The third-order valence-electron chi connectivity index (χ3n) is 3.88. The Hall–Kier alpha value is -2.56. The van der Waals surface area contributed by atoms with E-state index in [-0.39, 0.29) is 11.7 Å². The average molecular weight is 396 g/mol. The SMILES string of the molecule is O=C(CSCc1ccccc1)Nc1ccc(Cl)cc1C(=O)c1ccccc1. The Morgan fingerprint density at radius 2 is 1.56 bits per heavy atom. The molecule has 0 aliphatic carbocycles. The van der Waals surface area contributed by atoms with Gasteiger partial charge in [-0.3, -0.25) is 9.59 Å². The lowest BCUT2D eigenvalue weighted by atomic mass is 10.0. The second kappa shape index (κ2) is 9.40. The lowest BCUT2D eigenvalue weighted by Gasteiger charge is -2.11. The van der Waals surface area contributed by atoms with Gasteiger partial charge in [-0.25, -0.2) is 0 Å². The number of ketones is 1. The minimum Gasteiger partial charge on any atom is -0.325 e. The number of amides is 1. The number of hydrogen-bond donors (Lipinski definition) is 1. The smallest absolute Gasteiger partial charge is 0.234 e. The van der Waals surface area contributed by atoms with E-state index in [1.165, 1.54) is 17.3 Å². The molecule has 5 heteroatoms. The molecule has 3 aromatic carbocycles. The summed E-state index contributed by atoms with van der Waals surface area (Å²) in [5, 5.41) is 3.29. The van der Waals surface area contributed by atoms with E-state index in [1.54, 1.807) is 42.5 Å². The molecule has 0 aliphatic rings. The number of anilines is 1. The predicted molar refractivity (Wildman–Crippen MR) is 113 cm³/mol. The first-order chi connectivity index (χ1) is 13.1. The molecule has 0 heterocycles. The van der Waals surface area contributed by atoms with Crippen molar-refractivity contribution in [2.75, 3.05) is 11.1 Å². The number of rotatable bonds is 7. The topological polar surface area (TPSA) is 46.2 Å². The van der Waals surface area contributed by atoms with Gasteiger partial charge in [0.2, 0.25) is 5.91 Å². The molecular weight excluding hydrogens is 378 g/mol. The number of halogens is 1. The van der Waals surface area contributed by atoms with Crippen molar-refractivity contribution in [2.24, 2.45) is 0 Å². The van der Waals surface area contributed by atoms with Gasteiger partial charge in [-0.05, 0) is 23.8 Å². The molecule has 27 heavy (non-hydrogen) atoms. The van der Waals surface area contributed by atoms with Gasteiger partial charge in [0.25, 0.3) is 0 Å². The van der Waals surface area contributed by atoms with Crippen molar-refractivity contribution in [3.8, 4) is 0 Å².